The number of rotatable bonds is 4. The normalized spacial score (nSPS) is 12.2. The summed E-state index contributed by atoms with van der Waals surface area (Å²) in [6.07, 6.45) is 0. The van der Waals surface area contributed by atoms with Crippen LogP contribution in [0.2, 0.25) is 0 Å². The predicted molar refractivity (Wildman–Crippen MR) is 72.4 cm³/mol. The van der Waals surface area contributed by atoms with Crippen LogP contribution in [-0.2, 0) is 14.8 Å². The third-order valence-corrected chi connectivity index (χ3v) is 4.72. The van der Waals surface area contributed by atoms with E-state index in [0.29, 0.717) is 5.56 Å². The summed E-state index contributed by atoms with van der Waals surface area (Å²) in [5.41, 5.74) is -0.532. The molecule has 1 aromatic rings. The lowest BCUT2D eigenvalue weighted by atomic mass is 10.1. The highest BCUT2D eigenvalue weighted by molar-refractivity contribution is 7.89. The highest BCUT2D eigenvalue weighted by atomic mass is 32.2. The number of sulfonamides is 1. The number of nitriles is 1. The summed E-state index contributed by atoms with van der Waals surface area (Å²) < 4.78 is 25.9. The van der Waals surface area contributed by atoms with Gasteiger partial charge in [0.2, 0.25) is 10.0 Å². The average molecular weight is 296 g/mol. The molecule has 0 bridgehead atoms. The summed E-state index contributed by atoms with van der Waals surface area (Å²) in [5, 5.41) is 17.6. The van der Waals surface area contributed by atoms with Crippen LogP contribution in [0.5, 0.6) is 0 Å². The second-order valence-electron chi connectivity index (χ2n) is 5.21. The molecule has 7 heteroatoms. The maximum Gasteiger partial charge on any atom is 0.318 e. The summed E-state index contributed by atoms with van der Waals surface area (Å²) >= 11 is 0. The van der Waals surface area contributed by atoms with Gasteiger partial charge in [0.25, 0.3) is 0 Å². The van der Waals surface area contributed by atoms with Gasteiger partial charge in [0.05, 0.1) is 16.5 Å². The first-order chi connectivity index (χ1) is 9.09. The number of nitrogens with zero attached hydrogens (tertiary/aromatic N) is 2. The molecular weight excluding hydrogens is 280 g/mol. The van der Waals surface area contributed by atoms with E-state index in [2.05, 4.69) is 0 Å². The largest absolute Gasteiger partial charge is 0.480 e. The molecule has 0 unspecified atom stereocenters. The Balaban J connectivity index is 3.29. The van der Waals surface area contributed by atoms with Crippen LogP contribution >= 0.6 is 0 Å². The van der Waals surface area contributed by atoms with Crippen molar-refractivity contribution in [1.29, 1.82) is 5.26 Å². The van der Waals surface area contributed by atoms with Gasteiger partial charge in [-0.25, -0.2) is 8.42 Å². The van der Waals surface area contributed by atoms with E-state index in [1.807, 2.05) is 6.07 Å². The first-order valence-electron chi connectivity index (χ1n) is 5.84. The average Bonchev–Trinajstić information content (AvgIpc) is 2.34. The summed E-state index contributed by atoms with van der Waals surface area (Å²) in [5.74, 6) is -1.22. The summed E-state index contributed by atoms with van der Waals surface area (Å²) in [6.45, 7) is 4.25. The summed E-state index contributed by atoms with van der Waals surface area (Å²) in [4.78, 5) is 10.9. The fourth-order valence-corrected chi connectivity index (χ4v) is 3.37. The molecule has 1 aromatic carbocycles. The Morgan fingerprint density at radius 3 is 2.15 bits per heavy atom. The highest BCUT2D eigenvalue weighted by Crippen LogP contribution is 2.24. The predicted octanol–water partition coefficient (Wildman–Crippen LogP) is 1.43. The van der Waals surface area contributed by atoms with Crippen molar-refractivity contribution < 1.29 is 18.3 Å². The first kappa shape index (κ1) is 16.1. The molecule has 0 atom stereocenters. The molecule has 0 radical (unpaired) electrons. The molecular formula is C13H16N2O4S. The summed E-state index contributed by atoms with van der Waals surface area (Å²) in [6, 6.07) is 7.26. The Morgan fingerprint density at radius 1 is 1.30 bits per heavy atom. The molecule has 0 aromatic heterocycles. The molecule has 108 valence electrons. The van der Waals surface area contributed by atoms with Crippen LogP contribution in [0, 0.1) is 11.3 Å². The van der Waals surface area contributed by atoms with Gasteiger partial charge in [-0.2, -0.15) is 9.57 Å². The molecule has 0 spiro atoms. The first-order valence-corrected chi connectivity index (χ1v) is 7.28. The maximum absolute atomic E-state index is 12.5. The minimum atomic E-state index is -3.94. The lowest BCUT2D eigenvalue weighted by Gasteiger charge is -2.33. The summed E-state index contributed by atoms with van der Waals surface area (Å²) in [7, 11) is -3.94. The number of carboxylic acids is 1. The van der Waals surface area contributed by atoms with Gasteiger partial charge in [-0.15, -0.1) is 0 Å². The van der Waals surface area contributed by atoms with E-state index in [1.165, 1.54) is 24.3 Å². The van der Waals surface area contributed by atoms with E-state index in [1.54, 1.807) is 20.8 Å². The number of carboxylic acid groups (broad SMARTS) is 1. The molecule has 20 heavy (non-hydrogen) atoms. The Labute approximate surface area is 118 Å². The minimum absolute atomic E-state index is 0.0346. The third kappa shape index (κ3) is 3.56. The van der Waals surface area contributed by atoms with Crippen molar-refractivity contribution in [2.45, 2.75) is 31.2 Å². The van der Waals surface area contributed by atoms with Gasteiger partial charge in [-0.05, 0) is 45.0 Å². The number of carbonyl (C=O) groups is 1. The van der Waals surface area contributed by atoms with Crippen molar-refractivity contribution in [3.8, 4) is 6.07 Å². The van der Waals surface area contributed by atoms with Crippen LogP contribution in [0.1, 0.15) is 26.3 Å². The minimum Gasteiger partial charge on any atom is -0.480 e. The van der Waals surface area contributed by atoms with Gasteiger partial charge in [0, 0.05) is 5.54 Å². The van der Waals surface area contributed by atoms with Crippen LogP contribution in [0.3, 0.4) is 0 Å². The molecule has 1 N–H and O–H groups in total. The van der Waals surface area contributed by atoms with E-state index in [4.69, 9.17) is 10.4 Å². The van der Waals surface area contributed by atoms with Gasteiger partial charge >= 0.3 is 5.97 Å². The van der Waals surface area contributed by atoms with Crippen molar-refractivity contribution in [2.75, 3.05) is 6.54 Å². The van der Waals surface area contributed by atoms with Crippen molar-refractivity contribution in [1.82, 2.24) is 4.31 Å². The van der Waals surface area contributed by atoms with Gasteiger partial charge in [-0.1, -0.05) is 0 Å². The zero-order valence-electron chi connectivity index (χ0n) is 11.5. The quantitative estimate of drug-likeness (QED) is 0.906. The van der Waals surface area contributed by atoms with Crippen LogP contribution in [0.15, 0.2) is 29.2 Å². The van der Waals surface area contributed by atoms with E-state index >= 15 is 0 Å². The third-order valence-electron chi connectivity index (χ3n) is 2.60. The lowest BCUT2D eigenvalue weighted by Crippen LogP contribution is -2.48. The van der Waals surface area contributed by atoms with Crippen molar-refractivity contribution >= 4 is 16.0 Å². The Kier molecular flexibility index (Phi) is 4.53. The van der Waals surface area contributed by atoms with Crippen LogP contribution in [0.4, 0.5) is 0 Å². The smallest absolute Gasteiger partial charge is 0.318 e. The fourth-order valence-electron chi connectivity index (χ4n) is 1.63. The second kappa shape index (κ2) is 5.61. The molecule has 0 amide bonds. The molecule has 0 aliphatic heterocycles. The monoisotopic (exact) mass is 296 g/mol. The van der Waals surface area contributed by atoms with Gasteiger partial charge < -0.3 is 5.11 Å². The zero-order valence-corrected chi connectivity index (χ0v) is 12.3. The highest BCUT2D eigenvalue weighted by Gasteiger charge is 2.35. The van der Waals surface area contributed by atoms with Crippen molar-refractivity contribution in [3.05, 3.63) is 29.8 Å². The van der Waals surface area contributed by atoms with Gasteiger partial charge in [0.1, 0.15) is 6.54 Å². The van der Waals surface area contributed by atoms with Gasteiger partial charge in [-0.3, -0.25) is 4.79 Å². The molecule has 1 rings (SSSR count). The molecule has 0 saturated heterocycles. The molecule has 0 fully saturated rings. The topological polar surface area (TPSA) is 98.5 Å². The number of hydrogen-bond donors (Lipinski definition) is 1. The van der Waals surface area contributed by atoms with E-state index in [0.717, 1.165) is 4.31 Å². The Morgan fingerprint density at radius 2 is 1.80 bits per heavy atom. The molecule has 0 saturated carbocycles. The number of aliphatic carboxylic acids is 1. The Bertz CT molecular complexity index is 636. The molecule has 0 heterocycles. The molecule has 0 aliphatic rings. The number of hydrogen-bond acceptors (Lipinski definition) is 4. The van der Waals surface area contributed by atoms with Crippen LogP contribution < -0.4 is 0 Å². The SMILES string of the molecule is CC(C)(C)N(CC(=O)O)S(=O)(=O)c1ccc(C#N)cc1. The van der Waals surface area contributed by atoms with Crippen molar-refractivity contribution in [3.63, 3.8) is 0 Å². The van der Waals surface area contributed by atoms with Crippen LogP contribution in [-0.4, -0.2) is 35.9 Å². The maximum atomic E-state index is 12.5. The second-order valence-corrected chi connectivity index (χ2v) is 7.07. The zero-order chi connectivity index (χ0) is 15.6. The standard InChI is InChI=1S/C13H16N2O4S/c1-13(2,3)15(9-12(16)17)20(18,19)11-6-4-10(8-14)5-7-11/h4-7H,9H2,1-3H3,(H,16,17). The van der Waals surface area contributed by atoms with Crippen molar-refractivity contribution in [2.24, 2.45) is 0 Å². The fraction of sp³-hybridized carbons (Fsp3) is 0.385. The van der Waals surface area contributed by atoms with E-state index in [9.17, 15) is 13.2 Å². The van der Waals surface area contributed by atoms with Gasteiger partial charge in [0.15, 0.2) is 0 Å². The lowest BCUT2D eigenvalue weighted by molar-refractivity contribution is -0.138. The van der Waals surface area contributed by atoms with E-state index < -0.39 is 28.1 Å². The van der Waals surface area contributed by atoms with E-state index in [-0.39, 0.29) is 4.90 Å². The van der Waals surface area contributed by atoms with Crippen LogP contribution in [0.25, 0.3) is 0 Å². The Hall–Kier alpha value is -1.91. The molecule has 0 aliphatic carbocycles. The number of benzene rings is 1. The molecule has 6 nitrogen and oxygen atoms in total.